The third-order valence-electron chi connectivity index (χ3n) is 5.02. The summed E-state index contributed by atoms with van der Waals surface area (Å²) in [4.78, 5) is 25.3. The second-order valence-electron chi connectivity index (χ2n) is 6.95. The van der Waals surface area contributed by atoms with Gasteiger partial charge in [0.1, 0.15) is 11.2 Å². The van der Waals surface area contributed by atoms with Crippen LogP contribution < -0.4 is 4.90 Å². The van der Waals surface area contributed by atoms with E-state index < -0.39 is 0 Å². The van der Waals surface area contributed by atoms with Crippen LogP contribution in [0.3, 0.4) is 0 Å². The fourth-order valence-electron chi connectivity index (χ4n) is 3.60. The molecule has 0 atom stereocenters. The molecule has 0 N–H and O–H groups in total. The number of aromatic nitrogens is 5. The summed E-state index contributed by atoms with van der Waals surface area (Å²) in [5.74, 6) is 1.47. The van der Waals surface area contributed by atoms with Gasteiger partial charge in [-0.25, -0.2) is 14.5 Å². The molecule has 0 aliphatic carbocycles. The molecule has 0 saturated carbocycles. The van der Waals surface area contributed by atoms with Gasteiger partial charge in [0.2, 0.25) is 0 Å². The van der Waals surface area contributed by atoms with Gasteiger partial charge < -0.3 is 14.4 Å². The summed E-state index contributed by atoms with van der Waals surface area (Å²) >= 11 is 0. The molecule has 1 amide bonds. The molecular weight excluding hydrogens is 330 g/mol. The largest absolute Gasteiger partial charge is 0.355 e. The van der Waals surface area contributed by atoms with E-state index in [9.17, 15) is 4.79 Å². The number of aryl methyl sites for hydroxylation is 1. The van der Waals surface area contributed by atoms with Gasteiger partial charge in [-0.2, -0.15) is 5.10 Å². The number of imidazole rings is 1. The molecule has 0 spiro atoms. The van der Waals surface area contributed by atoms with E-state index in [-0.39, 0.29) is 5.91 Å². The molecule has 1 fully saturated rings. The summed E-state index contributed by atoms with van der Waals surface area (Å²) in [5, 5.41) is 4.28. The van der Waals surface area contributed by atoms with Crippen molar-refractivity contribution in [3.8, 4) is 0 Å². The van der Waals surface area contributed by atoms with Gasteiger partial charge in [0.15, 0.2) is 5.82 Å². The van der Waals surface area contributed by atoms with Gasteiger partial charge in [0.05, 0.1) is 12.5 Å². The maximum Gasteiger partial charge on any atom is 0.273 e. The van der Waals surface area contributed by atoms with Gasteiger partial charge in [-0.3, -0.25) is 4.79 Å². The molecule has 0 radical (unpaired) electrons. The lowest BCUT2D eigenvalue weighted by atomic mass is 9.96. The summed E-state index contributed by atoms with van der Waals surface area (Å²) in [7, 11) is 3.73. The van der Waals surface area contributed by atoms with Crippen LogP contribution in [-0.2, 0) is 7.05 Å². The standard InChI is InChI=1S/C18H23N7O/c1-22-12-15(20-13-22)18(26)23(2)11-14-4-8-24(9-5-14)17-16-3-6-21-25(16)10-7-19-17/h3,6-7,10,12-14H,4-5,8-9,11H2,1-2H3. The third-order valence-corrected chi connectivity index (χ3v) is 5.02. The summed E-state index contributed by atoms with van der Waals surface area (Å²) in [6.07, 6.45) is 11.0. The van der Waals surface area contributed by atoms with E-state index in [1.807, 2.05) is 30.9 Å². The Morgan fingerprint density at radius 1 is 1.27 bits per heavy atom. The predicted molar refractivity (Wildman–Crippen MR) is 98.1 cm³/mol. The molecule has 4 heterocycles. The van der Waals surface area contributed by atoms with Crippen LogP contribution >= 0.6 is 0 Å². The minimum Gasteiger partial charge on any atom is -0.355 e. The molecule has 8 nitrogen and oxygen atoms in total. The van der Waals surface area contributed by atoms with Crippen LogP contribution in [0.5, 0.6) is 0 Å². The molecule has 4 rings (SSSR count). The van der Waals surface area contributed by atoms with Crippen LogP contribution in [0.15, 0.2) is 37.2 Å². The van der Waals surface area contributed by atoms with Crippen molar-refractivity contribution in [3.05, 3.63) is 42.9 Å². The average Bonchev–Trinajstić information content (AvgIpc) is 3.30. The third kappa shape index (κ3) is 3.14. The van der Waals surface area contributed by atoms with Gasteiger partial charge in [-0.05, 0) is 24.8 Å². The summed E-state index contributed by atoms with van der Waals surface area (Å²) in [5.41, 5.74) is 1.54. The Morgan fingerprint density at radius 3 is 2.81 bits per heavy atom. The lowest BCUT2D eigenvalue weighted by Crippen LogP contribution is -2.40. The quantitative estimate of drug-likeness (QED) is 0.710. The van der Waals surface area contributed by atoms with E-state index in [0.717, 1.165) is 43.8 Å². The van der Waals surface area contributed by atoms with Crippen LogP contribution in [0.4, 0.5) is 5.82 Å². The first-order valence-corrected chi connectivity index (χ1v) is 8.88. The molecule has 3 aromatic heterocycles. The Labute approximate surface area is 152 Å². The number of piperidine rings is 1. The molecule has 0 unspecified atom stereocenters. The molecule has 3 aromatic rings. The van der Waals surface area contributed by atoms with Crippen LogP contribution in [0.1, 0.15) is 23.3 Å². The van der Waals surface area contributed by atoms with Gasteiger partial charge in [-0.1, -0.05) is 0 Å². The van der Waals surface area contributed by atoms with Crippen molar-refractivity contribution in [2.24, 2.45) is 13.0 Å². The zero-order valence-corrected chi connectivity index (χ0v) is 15.1. The first-order chi connectivity index (χ1) is 12.6. The van der Waals surface area contributed by atoms with E-state index in [1.54, 1.807) is 34.4 Å². The average molecular weight is 353 g/mol. The molecule has 0 bridgehead atoms. The Morgan fingerprint density at radius 2 is 2.08 bits per heavy atom. The Kier molecular flexibility index (Phi) is 4.32. The van der Waals surface area contributed by atoms with E-state index in [2.05, 4.69) is 20.0 Å². The minimum absolute atomic E-state index is 0.0151. The molecular formula is C18H23N7O. The molecule has 8 heteroatoms. The second kappa shape index (κ2) is 6.78. The molecule has 0 aromatic carbocycles. The smallest absolute Gasteiger partial charge is 0.273 e. The number of hydrogen-bond donors (Lipinski definition) is 0. The number of anilines is 1. The fourth-order valence-corrected chi connectivity index (χ4v) is 3.60. The first-order valence-electron chi connectivity index (χ1n) is 8.88. The van der Waals surface area contributed by atoms with E-state index in [0.29, 0.717) is 11.6 Å². The lowest BCUT2D eigenvalue weighted by Gasteiger charge is -2.34. The fraction of sp³-hybridized carbons (Fsp3) is 0.444. The number of rotatable bonds is 4. The monoisotopic (exact) mass is 353 g/mol. The van der Waals surface area contributed by atoms with Crippen LogP contribution in [-0.4, -0.2) is 61.6 Å². The summed E-state index contributed by atoms with van der Waals surface area (Å²) in [6, 6.07) is 1.99. The number of carbonyl (C=O) groups excluding carboxylic acids is 1. The minimum atomic E-state index is -0.0151. The van der Waals surface area contributed by atoms with Crippen LogP contribution in [0.2, 0.25) is 0 Å². The topological polar surface area (TPSA) is 71.6 Å². The van der Waals surface area contributed by atoms with E-state index in [4.69, 9.17) is 0 Å². The number of carbonyl (C=O) groups is 1. The number of hydrogen-bond acceptors (Lipinski definition) is 5. The highest BCUT2D eigenvalue weighted by atomic mass is 16.2. The van der Waals surface area contributed by atoms with Gasteiger partial charge in [0.25, 0.3) is 5.91 Å². The SMILES string of the molecule is CN(CC1CCN(c2nccn3nccc23)CC1)C(=O)c1cn(C)cn1. The van der Waals surface area contributed by atoms with Crippen LogP contribution in [0, 0.1) is 5.92 Å². The van der Waals surface area contributed by atoms with Crippen molar-refractivity contribution in [1.82, 2.24) is 29.0 Å². The Bertz CT molecular complexity index is 907. The summed E-state index contributed by atoms with van der Waals surface area (Å²) < 4.78 is 3.65. The lowest BCUT2D eigenvalue weighted by molar-refractivity contribution is 0.0759. The van der Waals surface area contributed by atoms with Crippen molar-refractivity contribution < 1.29 is 4.79 Å². The number of amides is 1. The molecule has 136 valence electrons. The molecule has 1 aliphatic heterocycles. The van der Waals surface area contributed by atoms with Crippen LogP contribution in [0.25, 0.3) is 5.52 Å². The maximum atomic E-state index is 12.5. The van der Waals surface area contributed by atoms with Crippen molar-refractivity contribution in [1.29, 1.82) is 0 Å². The number of nitrogens with zero attached hydrogens (tertiary/aromatic N) is 7. The first kappa shape index (κ1) is 16.6. The highest BCUT2D eigenvalue weighted by molar-refractivity contribution is 5.91. The van der Waals surface area contributed by atoms with Gasteiger partial charge >= 0.3 is 0 Å². The van der Waals surface area contributed by atoms with Gasteiger partial charge in [0, 0.05) is 52.3 Å². The highest BCUT2D eigenvalue weighted by Crippen LogP contribution is 2.25. The predicted octanol–water partition coefficient (Wildman–Crippen LogP) is 1.45. The molecule has 1 aliphatic rings. The molecule has 26 heavy (non-hydrogen) atoms. The second-order valence-corrected chi connectivity index (χ2v) is 6.95. The summed E-state index contributed by atoms with van der Waals surface area (Å²) in [6.45, 7) is 2.63. The maximum absolute atomic E-state index is 12.5. The van der Waals surface area contributed by atoms with Crippen molar-refractivity contribution >= 4 is 17.2 Å². The van der Waals surface area contributed by atoms with E-state index >= 15 is 0 Å². The van der Waals surface area contributed by atoms with E-state index in [1.165, 1.54) is 0 Å². The number of fused-ring (bicyclic) bond motifs is 1. The normalized spacial score (nSPS) is 15.5. The Hall–Kier alpha value is -2.90. The molecule has 1 saturated heterocycles. The zero-order valence-electron chi connectivity index (χ0n) is 15.1. The Balaban J connectivity index is 1.36. The van der Waals surface area contributed by atoms with Crippen molar-refractivity contribution in [3.63, 3.8) is 0 Å². The zero-order chi connectivity index (χ0) is 18.1. The van der Waals surface area contributed by atoms with Crippen molar-refractivity contribution in [2.75, 3.05) is 31.6 Å². The van der Waals surface area contributed by atoms with Crippen molar-refractivity contribution in [2.45, 2.75) is 12.8 Å². The van der Waals surface area contributed by atoms with Gasteiger partial charge in [-0.15, -0.1) is 0 Å². The highest BCUT2D eigenvalue weighted by Gasteiger charge is 2.24.